The molecule has 1 atom stereocenters. The molecule has 0 spiro atoms. The lowest BCUT2D eigenvalue weighted by molar-refractivity contribution is -0.155. The van der Waals surface area contributed by atoms with Crippen molar-refractivity contribution in [1.82, 2.24) is 5.32 Å². The van der Waals surface area contributed by atoms with Crippen LogP contribution in [-0.4, -0.2) is 30.3 Å². The Morgan fingerprint density at radius 1 is 1.44 bits per heavy atom. The van der Waals surface area contributed by atoms with Gasteiger partial charge in [-0.05, 0) is 0 Å². The molecule has 0 fully saturated rings. The van der Waals surface area contributed by atoms with Crippen molar-refractivity contribution in [2.75, 3.05) is 7.11 Å². The molecular weight excluding hydrogens is 210 g/mol. The third kappa shape index (κ3) is 2.92. The summed E-state index contributed by atoms with van der Waals surface area (Å²) in [4.78, 5) is 34.5. The van der Waals surface area contributed by atoms with Gasteiger partial charge in [-0.2, -0.15) is 0 Å². The summed E-state index contributed by atoms with van der Waals surface area (Å²) in [6.45, 7) is 6.33. The third-order valence-corrected chi connectivity index (χ3v) is 2.17. The number of methoxy groups -OCH3 is 1. The maximum Gasteiger partial charge on any atom is 0.339 e. The number of hydrogen-bond acceptors (Lipinski definition) is 4. The Morgan fingerprint density at radius 3 is 2.31 bits per heavy atom. The van der Waals surface area contributed by atoms with Crippen LogP contribution in [0.4, 0.5) is 0 Å². The van der Waals surface area contributed by atoms with Gasteiger partial charge in [0.2, 0.25) is 11.4 Å². The summed E-state index contributed by atoms with van der Waals surface area (Å²) >= 11 is 0. The van der Waals surface area contributed by atoms with Crippen LogP contribution in [0.2, 0.25) is 0 Å². The van der Waals surface area contributed by atoms with Crippen molar-refractivity contribution in [2.24, 2.45) is 0 Å². The number of esters is 1. The van der Waals surface area contributed by atoms with Crippen molar-refractivity contribution in [3.05, 3.63) is 12.7 Å². The fourth-order valence-corrected chi connectivity index (χ4v) is 1.48. The molecule has 0 rings (SSSR count). The summed E-state index contributed by atoms with van der Waals surface area (Å²) in [7, 11) is 1.17. The first kappa shape index (κ1) is 14.3. The molecule has 5 heteroatoms. The molecule has 0 saturated carbocycles. The molecule has 0 aliphatic carbocycles. The molecule has 0 aliphatic rings. The SMILES string of the molecule is C=CC[C@@](NC(C)=O)(C(=O)CC)C(=O)OC. The highest BCUT2D eigenvalue weighted by Crippen LogP contribution is 2.17. The molecule has 0 aromatic carbocycles. The molecule has 16 heavy (non-hydrogen) atoms. The van der Waals surface area contributed by atoms with E-state index in [9.17, 15) is 14.4 Å². The minimum Gasteiger partial charge on any atom is -0.467 e. The molecule has 5 nitrogen and oxygen atoms in total. The molecule has 0 saturated heterocycles. The van der Waals surface area contributed by atoms with E-state index in [1.807, 2.05) is 0 Å². The van der Waals surface area contributed by atoms with Crippen LogP contribution in [0, 0.1) is 0 Å². The van der Waals surface area contributed by atoms with Crippen molar-refractivity contribution >= 4 is 17.7 Å². The molecule has 0 aromatic heterocycles. The van der Waals surface area contributed by atoms with Crippen LogP contribution in [0.15, 0.2) is 12.7 Å². The highest BCUT2D eigenvalue weighted by atomic mass is 16.5. The second-order valence-corrected chi connectivity index (χ2v) is 3.35. The van der Waals surface area contributed by atoms with Crippen molar-refractivity contribution in [3.63, 3.8) is 0 Å². The predicted molar refractivity (Wildman–Crippen MR) is 58.7 cm³/mol. The summed E-state index contributed by atoms with van der Waals surface area (Å²) in [5.74, 6) is -1.63. The van der Waals surface area contributed by atoms with E-state index >= 15 is 0 Å². The maximum atomic E-state index is 11.8. The largest absolute Gasteiger partial charge is 0.467 e. The normalized spacial score (nSPS) is 13.4. The first-order chi connectivity index (χ1) is 7.44. The molecule has 90 valence electrons. The van der Waals surface area contributed by atoms with Crippen LogP contribution in [0.25, 0.3) is 0 Å². The van der Waals surface area contributed by atoms with Gasteiger partial charge in [0.05, 0.1) is 7.11 Å². The fourth-order valence-electron chi connectivity index (χ4n) is 1.48. The van der Waals surface area contributed by atoms with Gasteiger partial charge in [-0.25, -0.2) is 4.79 Å². The number of carbonyl (C=O) groups is 3. The fraction of sp³-hybridized carbons (Fsp3) is 0.545. The molecular formula is C11H17NO4. The van der Waals surface area contributed by atoms with Crippen molar-refractivity contribution in [1.29, 1.82) is 0 Å². The molecule has 0 heterocycles. The molecule has 0 bridgehead atoms. The van der Waals surface area contributed by atoms with Crippen LogP contribution >= 0.6 is 0 Å². The first-order valence-corrected chi connectivity index (χ1v) is 4.96. The molecule has 0 aliphatic heterocycles. The van der Waals surface area contributed by atoms with Crippen LogP contribution in [0.1, 0.15) is 26.7 Å². The standard InChI is InChI=1S/C11H17NO4/c1-5-7-11(9(14)6-2,10(15)16-4)12-8(3)13/h5H,1,6-7H2,2-4H3,(H,12,13)/t11-/m1/s1. The average Bonchev–Trinajstić information content (AvgIpc) is 2.25. The third-order valence-electron chi connectivity index (χ3n) is 2.17. The van der Waals surface area contributed by atoms with E-state index in [2.05, 4.69) is 16.6 Å². The van der Waals surface area contributed by atoms with E-state index in [0.29, 0.717) is 0 Å². The highest BCUT2D eigenvalue weighted by molar-refractivity contribution is 6.10. The Labute approximate surface area is 94.8 Å². The van der Waals surface area contributed by atoms with E-state index < -0.39 is 23.2 Å². The highest BCUT2D eigenvalue weighted by Gasteiger charge is 2.45. The minimum absolute atomic E-state index is 0.0198. The van der Waals surface area contributed by atoms with Gasteiger partial charge in [-0.15, -0.1) is 6.58 Å². The predicted octanol–water partition coefficient (Wildman–Crippen LogP) is 0.589. The van der Waals surface area contributed by atoms with Gasteiger partial charge in [-0.1, -0.05) is 13.0 Å². The van der Waals surface area contributed by atoms with Crippen molar-refractivity contribution in [3.8, 4) is 0 Å². The zero-order valence-electron chi connectivity index (χ0n) is 9.83. The number of rotatable bonds is 6. The van der Waals surface area contributed by atoms with Crippen molar-refractivity contribution in [2.45, 2.75) is 32.2 Å². The lowest BCUT2D eigenvalue weighted by atomic mass is 9.88. The van der Waals surface area contributed by atoms with E-state index in [-0.39, 0.29) is 12.8 Å². The van der Waals surface area contributed by atoms with Crippen LogP contribution in [0.3, 0.4) is 0 Å². The lowest BCUT2D eigenvalue weighted by Gasteiger charge is -2.28. The van der Waals surface area contributed by atoms with E-state index in [0.717, 1.165) is 0 Å². The Morgan fingerprint density at radius 2 is 2.00 bits per heavy atom. The number of ether oxygens (including phenoxy) is 1. The number of carbonyl (C=O) groups excluding carboxylic acids is 3. The Bertz CT molecular complexity index is 293. The van der Waals surface area contributed by atoms with Gasteiger partial charge in [0, 0.05) is 19.8 Å². The summed E-state index contributed by atoms with van der Waals surface area (Å²) in [6.07, 6.45) is 1.55. The molecule has 0 unspecified atom stereocenters. The Kier molecular flexibility index (Phi) is 5.42. The van der Waals surface area contributed by atoms with Crippen LogP contribution < -0.4 is 5.32 Å². The summed E-state index contributed by atoms with van der Waals surface area (Å²) in [6, 6.07) is 0. The Hall–Kier alpha value is -1.65. The second kappa shape index (κ2) is 6.05. The zero-order chi connectivity index (χ0) is 12.8. The molecule has 0 aromatic rings. The molecule has 1 N–H and O–H groups in total. The topological polar surface area (TPSA) is 72.5 Å². The summed E-state index contributed by atoms with van der Waals surface area (Å²) in [5, 5.41) is 2.36. The Balaban J connectivity index is 5.36. The van der Waals surface area contributed by atoms with E-state index in [1.54, 1.807) is 6.92 Å². The monoisotopic (exact) mass is 227 g/mol. The number of amides is 1. The minimum atomic E-state index is -1.63. The van der Waals surface area contributed by atoms with Gasteiger partial charge in [0.15, 0.2) is 5.78 Å². The zero-order valence-corrected chi connectivity index (χ0v) is 9.83. The molecule has 0 radical (unpaired) electrons. The van der Waals surface area contributed by atoms with Crippen LogP contribution in [0.5, 0.6) is 0 Å². The van der Waals surface area contributed by atoms with Gasteiger partial charge in [-0.3, -0.25) is 9.59 Å². The van der Waals surface area contributed by atoms with Gasteiger partial charge < -0.3 is 10.1 Å². The number of Topliss-reactive ketones (excluding diaryl/α,β-unsaturated/α-hetero) is 1. The van der Waals surface area contributed by atoms with Gasteiger partial charge in [0.25, 0.3) is 0 Å². The molecule has 1 amide bonds. The first-order valence-electron chi connectivity index (χ1n) is 4.96. The van der Waals surface area contributed by atoms with E-state index in [4.69, 9.17) is 0 Å². The summed E-state index contributed by atoms with van der Waals surface area (Å²) < 4.78 is 4.57. The smallest absolute Gasteiger partial charge is 0.339 e. The van der Waals surface area contributed by atoms with Gasteiger partial charge >= 0.3 is 5.97 Å². The lowest BCUT2D eigenvalue weighted by Crippen LogP contribution is -2.59. The van der Waals surface area contributed by atoms with Gasteiger partial charge in [0.1, 0.15) is 0 Å². The van der Waals surface area contributed by atoms with Crippen molar-refractivity contribution < 1.29 is 19.1 Å². The average molecular weight is 227 g/mol. The number of ketones is 1. The van der Waals surface area contributed by atoms with Crippen LogP contribution in [-0.2, 0) is 19.1 Å². The maximum absolute atomic E-state index is 11.8. The number of nitrogens with one attached hydrogen (secondary N) is 1. The number of hydrogen-bond donors (Lipinski definition) is 1. The van der Waals surface area contributed by atoms with E-state index in [1.165, 1.54) is 20.1 Å². The summed E-state index contributed by atoms with van der Waals surface area (Å²) in [5.41, 5.74) is -1.63. The second-order valence-electron chi connectivity index (χ2n) is 3.35. The quantitative estimate of drug-likeness (QED) is 0.409.